The van der Waals surface area contributed by atoms with Crippen LogP contribution in [0.25, 0.3) is 10.2 Å². The van der Waals surface area contributed by atoms with Gasteiger partial charge in [0.1, 0.15) is 18.2 Å². The monoisotopic (exact) mass is 390 g/mol. The summed E-state index contributed by atoms with van der Waals surface area (Å²) in [6.45, 7) is 3.69. The van der Waals surface area contributed by atoms with Crippen molar-refractivity contribution in [3.63, 3.8) is 0 Å². The number of benzene rings is 2. The topological polar surface area (TPSA) is 60.7 Å². The van der Waals surface area contributed by atoms with Gasteiger partial charge in [-0.1, -0.05) is 17.4 Å². The first-order chi connectivity index (χ1) is 12.8. The summed E-state index contributed by atoms with van der Waals surface area (Å²) in [6, 6.07) is 6.52. The first kappa shape index (κ1) is 18.9. The molecule has 140 valence electrons. The van der Waals surface area contributed by atoms with Crippen molar-refractivity contribution in [1.29, 1.82) is 0 Å². The smallest absolute Gasteiger partial charge is 0.325 e. The molecule has 0 aliphatic heterocycles. The summed E-state index contributed by atoms with van der Waals surface area (Å²) in [6.07, 6.45) is 0. The van der Waals surface area contributed by atoms with Crippen LogP contribution in [0.3, 0.4) is 0 Å². The summed E-state index contributed by atoms with van der Waals surface area (Å²) in [5, 5.41) is 0. The van der Waals surface area contributed by atoms with Gasteiger partial charge in [0.25, 0.3) is 5.91 Å². The van der Waals surface area contributed by atoms with Gasteiger partial charge in [-0.3, -0.25) is 9.59 Å². The minimum atomic E-state index is -0.989. The summed E-state index contributed by atoms with van der Waals surface area (Å²) in [5.41, 5.74) is 2.34. The second-order valence-corrected chi connectivity index (χ2v) is 7.00. The number of aromatic nitrogens is 1. The Morgan fingerprint density at radius 3 is 2.59 bits per heavy atom. The molecule has 0 N–H and O–H groups in total. The van der Waals surface area contributed by atoms with E-state index < -0.39 is 23.5 Å². The quantitative estimate of drug-likeness (QED) is 0.643. The fraction of sp³-hybridized carbons (Fsp3) is 0.211. The maximum absolute atomic E-state index is 13.9. The SMILES string of the molecule is COC(=O)Cn1c(=NC(=O)c2ccc(F)cc2F)sc2c(C)cc(C)cc21. The van der Waals surface area contributed by atoms with Crippen molar-refractivity contribution in [3.05, 3.63) is 63.5 Å². The number of halogens is 2. The maximum atomic E-state index is 13.9. The molecule has 2 aromatic carbocycles. The van der Waals surface area contributed by atoms with Gasteiger partial charge < -0.3 is 9.30 Å². The van der Waals surface area contributed by atoms with E-state index in [2.05, 4.69) is 4.99 Å². The molecule has 0 fully saturated rings. The Bertz CT molecular complexity index is 1130. The first-order valence-corrected chi connectivity index (χ1v) is 8.83. The van der Waals surface area contributed by atoms with Crippen LogP contribution in [0, 0.1) is 25.5 Å². The average Bonchev–Trinajstić information content (AvgIpc) is 2.92. The van der Waals surface area contributed by atoms with Crippen molar-refractivity contribution in [2.45, 2.75) is 20.4 Å². The van der Waals surface area contributed by atoms with Gasteiger partial charge in [-0.25, -0.2) is 8.78 Å². The zero-order valence-corrected chi connectivity index (χ0v) is 15.7. The number of hydrogen-bond donors (Lipinski definition) is 0. The number of fused-ring (bicyclic) bond motifs is 1. The molecule has 0 radical (unpaired) electrons. The van der Waals surface area contributed by atoms with Gasteiger partial charge in [-0.05, 0) is 43.2 Å². The van der Waals surface area contributed by atoms with Crippen molar-refractivity contribution in [3.8, 4) is 0 Å². The van der Waals surface area contributed by atoms with E-state index in [1.54, 1.807) is 4.57 Å². The Kier molecular flexibility index (Phi) is 5.18. The summed E-state index contributed by atoms with van der Waals surface area (Å²) < 4.78 is 34.1. The Hall–Kier alpha value is -2.87. The summed E-state index contributed by atoms with van der Waals surface area (Å²) >= 11 is 1.21. The Morgan fingerprint density at radius 1 is 1.19 bits per heavy atom. The largest absolute Gasteiger partial charge is 0.468 e. The average molecular weight is 390 g/mol. The van der Waals surface area contributed by atoms with Crippen LogP contribution in [-0.4, -0.2) is 23.6 Å². The van der Waals surface area contributed by atoms with Crippen molar-refractivity contribution >= 4 is 33.4 Å². The number of aryl methyl sites for hydroxylation is 2. The van der Waals surface area contributed by atoms with Crippen molar-refractivity contribution < 1.29 is 23.1 Å². The summed E-state index contributed by atoms with van der Waals surface area (Å²) in [7, 11) is 1.27. The van der Waals surface area contributed by atoms with E-state index in [1.807, 2.05) is 26.0 Å². The Morgan fingerprint density at radius 2 is 1.93 bits per heavy atom. The molecule has 1 amide bonds. The predicted octanol–water partition coefficient (Wildman–Crippen LogP) is 3.51. The lowest BCUT2D eigenvalue weighted by Crippen LogP contribution is -2.22. The molecule has 27 heavy (non-hydrogen) atoms. The van der Waals surface area contributed by atoms with Gasteiger partial charge in [0.05, 0.1) is 22.9 Å². The molecule has 5 nitrogen and oxygen atoms in total. The van der Waals surface area contributed by atoms with E-state index in [4.69, 9.17) is 4.74 Å². The standard InChI is InChI=1S/C19H16F2N2O3S/c1-10-6-11(2)17-15(7-10)23(9-16(24)26-3)19(27-17)22-18(25)13-5-4-12(20)8-14(13)21/h4-8H,9H2,1-3H3. The third kappa shape index (κ3) is 3.80. The van der Waals surface area contributed by atoms with Gasteiger partial charge in [-0.2, -0.15) is 4.99 Å². The van der Waals surface area contributed by atoms with Gasteiger partial charge in [0, 0.05) is 6.07 Å². The molecule has 1 aromatic heterocycles. The highest BCUT2D eigenvalue weighted by atomic mass is 32.1. The second kappa shape index (κ2) is 7.40. The first-order valence-electron chi connectivity index (χ1n) is 8.01. The fourth-order valence-corrected chi connectivity index (χ4v) is 3.83. The third-order valence-electron chi connectivity index (χ3n) is 3.99. The van der Waals surface area contributed by atoms with Crippen LogP contribution in [-0.2, 0) is 16.1 Å². The van der Waals surface area contributed by atoms with Crippen LogP contribution < -0.4 is 4.80 Å². The second-order valence-electron chi connectivity index (χ2n) is 6.02. The molecule has 0 bridgehead atoms. The van der Waals surface area contributed by atoms with Gasteiger partial charge >= 0.3 is 5.97 Å². The number of hydrogen-bond acceptors (Lipinski definition) is 4. The van der Waals surface area contributed by atoms with Crippen molar-refractivity contribution in [2.75, 3.05) is 7.11 Å². The highest BCUT2D eigenvalue weighted by Gasteiger charge is 2.16. The molecule has 0 aliphatic rings. The predicted molar refractivity (Wildman–Crippen MR) is 97.6 cm³/mol. The molecule has 0 saturated heterocycles. The minimum absolute atomic E-state index is 0.141. The van der Waals surface area contributed by atoms with Crippen LogP contribution in [0.2, 0.25) is 0 Å². The van der Waals surface area contributed by atoms with Crippen LogP contribution in [0.1, 0.15) is 21.5 Å². The van der Waals surface area contributed by atoms with E-state index in [9.17, 15) is 18.4 Å². The maximum Gasteiger partial charge on any atom is 0.325 e. The zero-order chi connectivity index (χ0) is 19.7. The van der Waals surface area contributed by atoms with E-state index in [0.29, 0.717) is 6.07 Å². The van der Waals surface area contributed by atoms with E-state index >= 15 is 0 Å². The molecule has 3 aromatic rings. The molecule has 0 atom stereocenters. The molecule has 0 unspecified atom stereocenters. The van der Waals surface area contributed by atoms with E-state index in [0.717, 1.165) is 33.5 Å². The number of carbonyl (C=O) groups is 2. The molecule has 8 heteroatoms. The van der Waals surface area contributed by atoms with Gasteiger partial charge in [-0.15, -0.1) is 0 Å². The number of carbonyl (C=O) groups excluding carboxylic acids is 2. The fourth-order valence-electron chi connectivity index (χ4n) is 2.75. The molecular formula is C19H16F2N2O3S. The van der Waals surface area contributed by atoms with Crippen LogP contribution in [0.15, 0.2) is 35.3 Å². The lowest BCUT2D eigenvalue weighted by molar-refractivity contribution is -0.141. The van der Waals surface area contributed by atoms with Crippen LogP contribution in [0.5, 0.6) is 0 Å². The molecule has 0 spiro atoms. The Labute approximate surface area is 157 Å². The highest BCUT2D eigenvalue weighted by Crippen LogP contribution is 2.23. The third-order valence-corrected chi connectivity index (χ3v) is 5.22. The lowest BCUT2D eigenvalue weighted by atomic mass is 10.1. The highest BCUT2D eigenvalue weighted by molar-refractivity contribution is 7.16. The molecule has 0 saturated carbocycles. The molecule has 1 heterocycles. The summed E-state index contributed by atoms with van der Waals surface area (Å²) in [4.78, 5) is 28.5. The number of thiazole rings is 1. The zero-order valence-electron chi connectivity index (χ0n) is 14.9. The van der Waals surface area contributed by atoms with Gasteiger partial charge in [0.2, 0.25) is 0 Å². The van der Waals surface area contributed by atoms with Crippen molar-refractivity contribution in [2.24, 2.45) is 4.99 Å². The normalized spacial score (nSPS) is 11.8. The number of nitrogens with zero attached hydrogens (tertiary/aromatic N) is 2. The van der Waals surface area contributed by atoms with E-state index in [1.165, 1.54) is 18.4 Å². The summed E-state index contributed by atoms with van der Waals surface area (Å²) in [5.74, 6) is -3.13. The Balaban J connectivity index is 2.21. The molecule has 0 aliphatic carbocycles. The van der Waals surface area contributed by atoms with Crippen LogP contribution in [0.4, 0.5) is 8.78 Å². The molecule has 3 rings (SSSR count). The van der Waals surface area contributed by atoms with Crippen molar-refractivity contribution in [1.82, 2.24) is 4.57 Å². The van der Waals surface area contributed by atoms with Crippen LogP contribution >= 0.6 is 11.3 Å². The lowest BCUT2D eigenvalue weighted by Gasteiger charge is -2.05. The number of esters is 1. The van der Waals surface area contributed by atoms with E-state index in [-0.39, 0.29) is 16.9 Å². The molecular weight excluding hydrogens is 374 g/mol. The number of rotatable bonds is 3. The number of amides is 1. The number of methoxy groups -OCH3 is 1. The number of ether oxygens (including phenoxy) is 1. The van der Waals surface area contributed by atoms with Gasteiger partial charge in [0.15, 0.2) is 4.80 Å². The minimum Gasteiger partial charge on any atom is -0.468 e.